The van der Waals surface area contributed by atoms with Gasteiger partial charge >= 0.3 is 6.03 Å². The molecule has 8 heteroatoms. The Morgan fingerprint density at radius 3 is 2.86 bits per heavy atom. The van der Waals surface area contributed by atoms with Gasteiger partial charge < -0.3 is 9.84 Å². The van der Waals surface area contributed by atoms with E-state index in [1.54, 1.807) is 11.3 Å². The molecule has 148 valence electrons. The molecule has 3 heterocycles. The van der Waals surface area contributed by atoms with Crippen LogP contribution in [0.4, 0.5) is 4.79 Å². The van der Waals surface area contributed by atoms with Crippen molar-refractivity contribution in [1.29, 1.82) is 0 Å². The Balaban J connectivity index is 1.39. The van der Waals surface area contributed by atoms with Gasteiger partial charge in [0.2, 0.25) is 11.7 Å². The second-order valence-corrected chi connectivity index (χ2v) is 8.40. The van der Waals surface area contributed by atoms with Crippen molar-refractivity contribution in [2.24, 2.45) is 0 Å². The maximum Gasteiger partial charge on any atom is 0.325 e. The number of rotatable bonds is 4. The van der Waals surface area contributed by atoms with Gasteiger partial charge in [0.1, 0.15) is 12.1 Å². The van der Waals surface area contributed by atoms with Crippen molar-refractivity contribution >= 4 is 23.3 Å². The maximum absolute atomic E-state index is 13.3. The van der Waals surface area contributed by atoms with E-state index < -0.39 is 11.6 Å². The van der Waals surface area contributed by atoms with Gasteiger partial charge in [0, 0.05) is 16.0 Å². The van der Waals surface area contributed by atoms with E-state index >= 15 is 0 Å². The van der Waals surface area contributed by atoms with Crippen molar-refractivity contribution in [2.45, 2.75) is 44.7 Å². The molecule has 0 bridgehead atoms. The Bertz CT molecular complexity index is 1090. The molecule has 0 saturated carbocycles. The number of thiophene rings is 1. The molecule has 29 heavy (non-hydrogen) atoms. The second-order valence-electron chi connectivity index (χ2n) is 7.40. The largest absolute Gasteiger partial charge is 0.337 e. The van der Waals surface area contributed by atoms with Gasteiger partial charge in [-0.15, -0.1) is 11.3 Å². The van der Waals surface area contributed by atoms with Gasteiger partial charge in [-0.25, -0.2) is 4.79 Å². The summed E-state index contributed by atoms with van der Waals surface area (Å²) in [7, 11) is 0. The van der Waals surface area contributed by atoms with Crippen molar-refractivity contribution in [3.8, 4) is 11.4 Å². The molecule has 2 aromatic heterocycles. The minimum atomic E-state index is -0.955. The molecule has 1 aromatic carbocycles. The van der Waals surface area contributed by atoms with Gasteiger partial charge in [-0.05, 0) is 42.7 Å². The van der Waals surface area contributed by atoms with E-state index in [2.05, 4.69) is 22.4 Å². The molecule has 3 amide bonds. The lowest BCUT2D eigenvalue weighted by Gasteiger charge is -2.31. The van der Waals surface area contributed by atoms with Crippen LogP contribution in [0, 0.1) is 0 Å². The van der Waals surface area contributed by atoms with Gasteiger partial charge in [-0.1, -0.05) is 36.3 Å². The Labute approximate surface area is 171 Å². The first-order valence-corrected chi connectivity index (χ1v) is 10.6. The Morgan fingerprint density at radius 1 is 1.24 bits per heavy atom. The number of fused-ring (bicyclic) bond motifs is 2. The van der Waals surface area contributed by atoms with Crippen LogP contribution in [0.5, 0.6) is 0 Å². The highest BCUT2D eigenvalue weighted by atomic mass is 32.1. The molecule has 1 fully saturated rings. The summed E-state index contributed by atoms with van der Waals surface area (Å²) in [5.74, 6) is 0.442. The number of aryl methyl sites for hydroxylation is 2. The lowest BCUT2D eigenvalue weighted by Crippen LogP contribution is -2.46. The quantitative estimate of drug-likeness (QED) is 0.666. The molecule has 1 aliphatic carbocycles. The van der Waals surface area contributed by atoms with Crippen molar-refractivity contribution in [1.82, 2.24) is 20.4 Å². The van der Waals surface area contributed by atoms with Crippen molar-refractivity contribution in [3.05, 3.63) is 57.6 Å². The highest BCUT2D eigenvalue weighted by molar-refractivity contribution is 7.10. The number of nitrogens with zero attached hydrogens (tertiary/aromatic N) is 3. The van der Waals surface area contributed by atoms with E-state index in [0.29, 0.717) is 12.2 Å². The molecule has 1 atom stereocenters. The zero-order valence-electron chi connectivity index (χ0n) is 16.0. The minimum absolute atomic E-state index is 0.0358. The summed E-state index contributed by atoms with van der Waals surface area (Å²) in [4.78, 5) is 32.7. The fourth-order valence-corrected chi connectivity index (χ4v) is 5.15. The number of benzene rings is 1. The molecule has 1 N–H and O–H groups in total. The fourth-order valence-electron chi connectivity index (χ4n) is 4.15. The first-order valence-electron chi connectivity index (χ1n) is 9.73. The number of urea groups is 1. The summed E-state index contributed by atoms with van der Waals surface area (Å²) in [5.41, 5.74) is 2.03. The molecule has 3 aromatic rings. The van der Waals surface area contributed by atoms with Gasteiger partial charge in [0.25, 0.3) is 5.91 Å². The van der Waals surface area contributed by atoms with E-state index in [0.717, 1.165) is 30.4 Å². The molecule has 7 nitrogen and oxygen atoms in total. The number of amides is 3. The number of carbonyl (C=O) groups is 2. The number of nitrogens with one attached hydrogen (secondary N) is 1. The summed E-state index contributed by atoms with van der Waals surface area (Å²) in [5, 5.41) is 8.93. The van der Waals surface area contributed by atoms with Crippen LogP contribution < -0.4 is 5.32 Å². The predicted octanol–water partition coefficient (Wildman–Crippen LogP) is 3.64. The Hall–Kier alpha value is -3.00. The number of imide groups is 1. The summed E-state index contributed by atoms with van der Waals surface area (Å²) >= 11 is 1.64. The number of hydrogen-bond donors (Lipinski definition) is 1. The summed E-state index contributed by atoms with van der Waals surface area (Å²) in [6.45, 7) is 2.06. The standard InChI is InChI=1S/C21H20N4O3S/c1-2-13-5-7-14(8-6-13)18-22-17(28-24-18)12-25-19(26)21(23-20(25)27)10-3-4-16-15(21)9-11-29-16/h5-9,11H,2-4,10,12H2,1H3,(H,23,27). The average Bonchev–Trinajstić information content (AvgIpc) is 3.45. The zero-order valence-corrected chi connectivity index (χ0v) is 16.8. The molecule has 5 rings (SSSR count). The van der Waals surface area contributed by atoms with Crippen LogP contribution >= 0.6 is 11.3 Å². The maximum atomic E-state index is 13.3. The first kappa shape index (κ1) is 18.1. The summed E-state index contributed by atoms with van der Waals surface area (Å²) in [6, 6.07) is 9.46. The molecule has 1 spiro atoms. The predicted molar refractivity (Wildman–Crippen MR) is 107 cm³/mol. The summed E-state index contributed by atoms with van der Waals surface area (Å²) < 4.78 is 5.33. The van der Waals surface area contributed by atoms with E-state index in [9.17, 15) is 9.59 Å². The van der Waals surface area contributed by atoms with Crippen LogP contribution in [0.15, 0.2) is 40.2 Å². The molecular weight excluding hydrogens is 388 g/mol. The highest BCUT2D eigenvalue weighted by Crippen LogP contribution is 2.42. The van der Waals surface area contributed by atoms with Crippen molar-refractivity contribution in [3.63, 3.8) is 0 Å². The third-order valence-electron chi connectivity index (χ3n) is 5.72. The van der Waals surface area contributed by atoms with Crippen LogP contribution in [0.25, 0.3) is 11.4 Å². The van der Waals surface area contributed by atoms with E-state index in [1.807, 2.05) is 35.7 Å². The third-order valence-corrected chi connectivity index (χ3v) is 6.70. The topological polar surface area (TPSA) is 88.3 Å². The van der Waals surface area contributed by atoms with Gasteiger partial charge in [0.15, 0.2) is 0 Å². The monoisotopic (exact) mass is 408 g/mol. The number of carbonyl (C=O) groups excluding carboxylic acids is 2. The molecule has 1 saturated heterocycles. The Morgan fingerprint density at radius 2 is 2.07 bits per heavy atom. The smallest absolute Gasteiger partial charge is 0.325 e. The average molecular weight is 408 g/mol. The molecule has 2 aliphatic rings. The fraction of sp³-hybridized carbons (Fsp3) is 0.333. The second kappa shape index (κ2) is 6.81. The molecule has 1 unspecified atom stereocenters. The molecule has 1 aliphatic heterocycles. The lowest BCUT2D eigenvalue weighted by molar-refractivity contribution is -0.132. The Kier molecular flexibility index (Phi) is 4.24. The van der Waals surface area contributed by atoms with Gasteiger partial charge in [0.05, 0.1) is 0 Å². The third kappa shape index (κ3) is 2.86. The van der Waals surface area contributed by atoms with Crippen LogP contribution in [0.2, 0.25) is 0 Å². The molecule has 0 radical (unpaired) electrons. The number of aromatic nitrogens is 2. The SMILES string of the molecule is CCc1ccc(-c2noc(CN3C(=O)NC4(CCCc5sccc54)C3=O)n2)cc1. The summed E-state index contributed by atoms with van der Waals surface area (Å²) in [6.07, 6.45) is 3.38. The van der Waals surface area contributed by atoms with Crippen LogP contribution in [-0.2, 0) is 29.7 Å². The van der Waals surface area contributed by atoms with Crippen LogP contribution in [0.3, 0.4) is 0 Å². The van der Waals surface area contributed by atoms with Crippen molar-refractivity contribution < 1.29 is 14.1 Å². The van der Waals surface area contributed by atoms with E-state index in [1.165, 1.54) is 15.3 Å². The molecular formula is C21H20N4O3S. The van der Waals surface area contributed by atoms with E-state index in [4.69, 9.17) is 4.52 Å². The normalized spacial score (nSPS) is 20.9. The van der Waals surface area contributed by atoms with Gasteiger partial charge in [-0.3, -0.25) is 9.69 Å². The highest BCUT2D eigenvalue weighted by Gasteiger charge is 2.54. The van der Waals surface area contributed by atoms with Crippen molar-refractivity contribution in [2.75, 3.05) is 0 Å². The first-order chi connectivity index (χ1) is 14.1. The minimum Gasteiger partial charge on any atom is -0.337 e. The van der Waals surface area contributed by atoms with Gasteiger partial charge in [-0.2, -0.15) is 4.98 Å². The number of hydrogen-bond acceptors (Lipinski definition) is 6. The zero-order chi connectivity index (χ0) is 20.0. The van der Waals surface area contributed by atoms with E-state index in [-0.39, 0.29) is 18.3 Å². The van der Waals surface area contributed by atoms with Crippen LogP contribution in [-0.4, -0.2) is 27.0 Å². The van der Waals surface area contributed by atoms with Crippen LogP contribution in [0.1, 0.15) is 41.7 Å². The lowest BCUT2D eigenvalue weighted by atomic mass is 9.80.